The first-order valence-corrected chi connectivity index (χ1v) is 20.4. The van der Waals surface area contributed by atoms with Crippen molar-refractivity contribution in [3.63, 3.8) is 0 Å². The molecule has 31 heavy (non-hydrogen) atoms. The minimum atomic E-state index is -3.28. The molecule has 0 aliphatic heterocycles. The molecule has 0 saturated carbocycles. The molecule has 0 aliphatic carbocycles. The Balaban J connectivity index is -0.000000490. The maximum absolute atomic E-state index is 11.8. The van der Waals surface area contributed by atoms with Gasteiger partial charge in [-0.05, 0) is 25.7 Å². The van der Waals surface area contributed by atoms with E-state index in [2.05, 4.69) is 27.7 Å². The maximum atomic E-state index is 11.8. The van der Waals surface area contributed by atoms with Crippen molar-refractivity contribution in [2.24, 2.45) is 0 Å². The van der Waals surface area contributed by atoms with Crippen LogP contribution in [0, 0.1) is 0 Å². The van der Waals surface area contributed by atoms with Gasteiger partial charge < -0.3 is 18.9 Å². The van der Waals surface area contributed by atoms with Crippen molar-refractivity contribution >= 4 is 57.1 Å². The van der Waals surface area contributed by atoms with Crippen molar-refractivity contribution in [1.82, 2.24) is 0 Å². The molecule has 0 radical (unpaired) electrons. The molecule has 0 saturated heterocycles. The molecular weight excluding hydrogens is 560 g/mol. The van der Waals surface area contributed by atoms with E-state index in [4.69, 9.17) is 0 Å². The topological polar surface area (TPSA) is 80.3 Å². The van der Waals surface area contributed by atoms with Crippen LogP contribution in [0.5, 0.6) is 0 Å². The van der Waals surface area contributed by atoms with Crippen molar-refractivity contribution < 1.29 is 38.4 Å². The van der Waals surface area contributed by atoms with Crippen molar-refractivity contribution in [2.45, 2.75) is 128 Å². The van der Waals surface area contributed by atoms with Gasteiger partial charge in [-0.15, -0.1) is 0 Å². The van der Waals surface area contributed by atoms with Crippen LogP contribution >= 0.6 is 57.1 Å². The molecule has 0 bridgehead atoms. The van der Waals surface area contributed by atoms with E-state index < -0.39 is 11.5 Å². The van der Waals surface area contributed by atoms with Crippen LogP contribution in [0.25, 0.3) is 0 Å². The van der Waals surface area contributed by atoms with Gasteiger partial charge in [-0.3, -0.25) is 0 Å². The monoisotopic (exact) mass is 602 g/mol. The Morgan fingerprint density at radius 2 is 0.710 bits per heavy atom. The van der Waals surface area contributed by atoms with Gasteiger partial charge in [0.2, 0.25) is 0 Å². The summed E-state index contributed by atoms with van der Waals surface area (Å²) < 4.78 is 23.5. The van der Waals surface area contributed by atoms with E-state index in [0.29, 0.717) is 0 Å². The summed E-state index contributed by atoms with van der Waals surface area (Å²) in [7, 11) is 0. The van der Waals surface area contributed by atoms with Gasteiger partial charge in [0, 0.05) is 21.0 Å². The third-order valence-corrected chi connectivity index (χ3v) is 17.9. The largest absolute Gasteiger partial charge is 2.00 e. The van der Waals surface area contributed by atoms with Gasteiger partial charge in [0.05, 0.1) is 0 Å². The van der Waals surface area contributed by atoms with Gasteiger partial charge in [0.25, 0.3) is 0 Å². The Bertz CT molecular complexity index is 438. The molecule has 0 rings (SSSR count). The number of hydrogen-bond acceptors (Lipinski definition) is 8. The van der Waals surface area contributed by atoms with Gasteiger partial charge in [0.15, 0.2) is 0 Å². The van der Waals surface area contributed by atoms with Crippen molar-refractivity contribution in [2.75, 3.05) is 0 Å². The Labute approximate surface area is 221 Å². The Morgan fingerprint density at radius 1 is 0.548 bits per heavy atom. The molecule has 0 N–H and O–H groups in total. The smallest absolute Gasteiger partial charge is 0.784 e. The fourth-order valence-electron chi connectivity index (χ4n) is 2.77. The van der Waals surface area contributed by atoms with E-state index >= 15 is 0 Å². The molecule has 0 spiro atoms. The van der Waals surface area contributed by atoms with E-state index in [1.54, 1.807) is 0 Å². The molecule has 0 fully saturated rings. The van der Waals surface area contributed by atoms with E-state index in [1.807, 2.05) is 27.7 Å². The first-order chi connectivity index (χ1) is 13.8. The molecule has 0 aromatic carbocycles. The normalized spacial score (nSPS) is 18.9. The van der Waals surface area contributed by atoms with E-state index in [9.17, 15) is 18.9 Å². The van der Waals surface area contributed by atoms with Crippen LogP contribution in [0.2, 0.25) is 0 Å². The van der Waals surface area contributed by atoms with Crippen LogP contribution in [0.15, 0.2) is 0 Å². The van der Waals surface area contributed by atoms with Crippen LogP contribution in [-0.2, 0) is 28.6 Å². The molecule has 0 aromatic rings. The minimum Gasteiger partial charge on any atom is -0.784 e. The second-order valence-electron chi connectivity index (χ2n) is 7.71. The average molecular weight is 604 g/mol. The number of rotatable bonds is 16. The Kier molecular flexibility index (Phi) is 26.5. The van der Waals surface area contributed by atoms with E-state index in [1.165, 1.54) is 0 Å². The maximum Gasteiger partial charge on any atom is 2.00 e. The predicted molar refractivity (Wildman–Crippen MR) is 143 cm³/mol. The first-order valence-electron chi connectivity index (χ1n) is 11.2. The number of hydrogen-bond donors (Lipinski definition) is 0. The van der Waals surface area contributed by atoms with Crippen molar-refractivity contribution in [3.05, 3.63) is 0 Å². The third-order valence-electron chi connectivity index (χ3n) is 4.02. The molecule has 0 amide bonds. The average Bonchev–Trinajstić information content (AvgIpc) is 2.53. The van der Waals surface area contributed by atoms with Gasteiger partial charge in [0.1, 0.15) is 11.5 Å². The molecular formula is C20H44O4P2S4Zn. The zero-order valence-corrected chi connectivity index (χ0v) is 28.9. The van der Waals surface area contributed by atoms with Crippen LogP contribution in [0.1, 0.15) is 107 Å². The van der Waals surface area contributed by atoms with E-state index in [0.717, 1.165) is 96.9 Å². The van der Waals surface area contributed by atoms with Gasteiger partial charge in [-0.2, -0.15) is 0 Å². The fourth-order valence-corrected chi connectivity index (χ4v) is 19.0. The zero-order chi connectivity index (χ0) is 23.8. The molecule has 4 atom stereocenters. The Morgan fingerprint density at radius 3 is 0.839 bits per heavy atom. The molecule has 184 valence electrons. The fraction of sp³-hybridized carbons (Fsp3) is 1.00. The molecule has 0 aliphatic rings. The van der Waals surface area contributed by atoms with Crippen LogP contribution < -0.4 is 9.79 Å². The SMILES string of the molecule is CCCC(C)SP(=O)([O-])SC(C)CCC.CCCC(C)SP(=O)([O-])SC(C)CCC.[Zn+2]. The summed E-state index contributed by atoms with van der Waals surface area (Å²) in [6.45, 7) is 16.3. The van der Waals surface area contributed by atoms with E-state index in [-0.39, 0.29) is 40.5 Å². The standard InChI is InChI=1S/2C10H23O2PS2.Zn/c2*1-5-7-9(3)14-13(11,12)15-10(4)8-6-2;/h2*9-10H,5-8H2,1-4H3,(H,11,12);/q;;+2/p-2. The second kappa shape index (κ2) is 21.7. The summed E-state index contributed by atoms with van der Waals surface area (Å²) in [6, 6.07) is 0. The first kappa shape index (κ1) is 37.9. The van der Waals surface area contributed by atoms with Gasteiger partial charge >= 0.3 is 19.5 Å². The van der Waals surface area contributed by atoms with Gasteiger partial charge in [-0.1, -0.05) is 127 Å². The molecule has 0 aromatic heterocycles. The summed E-state index contributed by atoms with van der Waals surface area (Å²) in [5.74, 6) is -6.56. The molecule has 4 nitrogen and oxygen atoms in total. The predicted octanol–water partition coefficient (Wildman–Crippen LogP) is 8.59. The summed E-state index contributed by atoms with van der Waals surface area (Å²) >= 11 is 4.57. The summed E-state index contributed by atoms with van der Waals surface area (Å²) in [6.07, 6.45) is 8.07. The quantitative estimate of drug-likeness (QED) is 0.128. The van der Waals surface area contributed by atoms with Crippen LogP contribution in [0.3, 0.4) is 0 Å². The third kappa shape index (κ3) is 25.3. The Hall–Kier alpha value is 2.40. The molecule has 11 heteroatoms. The summed E-state index contributed by atoms with van der Waals surface area (Å²) in [4.78, 5) is 23.5. The van der Waals surface area contributed by atoms with Crippen molar-refractivity contribution in [1.29, 1.82) is 0 Å². The van der Waals surface area contributed by atoms with Crippen LogP contribution in [0.4, 0.5) is 0 Å². The van der Waals surface area contributed by atoms with Crippen LogP contribution in [-0.4, -0.2) is 21.0 Å². The molecule has 0 heterocycles. The van der Waals surface area contributed by atoms with Gasteiger partial charge in [-0.25, -0.2) is 0 Å². The second-order valence-corrected chi connectivity index (χ2v) is 23.2. The molecule has 4 unspecified atom stereocenters. The zero-order valence-electron chi connectivity index (χ0n) is 20.8. The minimum absolute atomic E-state index is 0. The summed E-state index contributed by atoms with van der Waals surface area (Å²) in [5.41, 5.74) is 0. The van der Waals surface area contributed by atoms with Crippen molar-refractivity contribution in [3.8, 4) is 0 Å². The summed E-state index contributed by atoms with van der Waals surface area (Å²) in [5, 5.41) is 0.888.